The maximum atomic E-state index is 12.5. The van der Waals surface area contributed by atoms with Gasteiger partial charge in [0.1, 0.15) is 5.75 Å². The third-order valence-corrected chi connectivity index (χ3v) is 4.63. The van der Waals surface area contributed by atoms with Crippen LogP contribution in [0.2, 0.25) is 0 Å². The second kappa shape index (κ2) is 11.7. The minimum Gasteiger partial charge on any atom is -0.494 e. The van der Waals surface area contributed by atoms with Gasteiger partial charge in [-0.2, -0.15) is 0 Å². The number of piperidine rings is 1. The lowest BCUT2D eigenvalue weighted by Crippen LogP contribution is -2.46. The van der Waals surface area contributed by atoms with Crippen molar-refractivity contribution in [3.05, 3.63) is 28.7 Å². The van der Waals surface area contributed by atoms with Crippen molar-refractivity contribution in [2.24, 2.45) is 0 Å². The summed E-state index contributed by atoms with van der Waals surface area (Å²) >= 11 is 3.43. The van der Waals surface area contributed by atoms with Gasteiger partial charge in [-0.25, -0.2) is 0 Å². The number of ether oxygens (including phenoxy) is 1. The van der Waals surface area contributed by atoms with Crippen molar-refractivity contribution in [3.8, 4) is 5.75 Å². The summed E-state index contributed by atoms with van der Waals surface area (Å²) in [6.45, 7) is 5.62. The van der Waals surface area contributed by atoms with E-state index in [1.807, 2.05) is 24.3 Å². The highest BCUT2D eigenvalue weighted by molar-refractivity contribution is 9.10. The maximum absolute atomic E-state index is 12.5. The van der Waals surface area contributed by atoms with Crippen LogP contribution in [0.3, 0.4) is 0 Å². The molecule has 0 aliphatic carbocycles. The number of nitrogens with zero attached hydrogens (tertiary/aromatic N) is 1. The number of carbonyl (C=O) groups is 1. The number of hydrogen-bond acceptors (Lipinski definition) is 3. The Labute approximate surface area is 159 Å². The summed E-state index contributed by atoms with van der Waals surface area (Å²) in [5.41, 5.74) is 0. The zero-order chi connectivity index (χ0) is 16.5. The van der Waals surface area contributed by atoms with Crippen LogP contribution in [0.5, 0.6) is 5.75 Å². The number of carbonyl (C=O) groups excluding carboxylic acids is 1. The summed E-state index contributed by atoms with van der Waals surface area (Å²) in [4.78, 5) is 14.6. The molecule has 6 heteroatoms. The minimum atomic E-state index is 0. The molecule has 24 heavy (non-hydrogen) atoms. The van der Waals surface area contributed by atoms with E-state index in [1.54, 1.807) is 0 Å². The monoisotopic (exact) mass is 418 g/mol. The van der Waals surface area contributed by atoms with Crippen molar-refractivity contribution in [1.82, 2.24) is 10.2 Å². The molecular formula is C18H28BrClN2O2. The largest absolute Gasteiger partial charge is 0.494 e. The van der Waals surface area contributed by atoms with E-state index < -0.39 is 0 Å². The first kappa shape index (κ1) is 21.3. The molecule has 1 fully saturated rings. The number of halogens is 2. The van der Waals surface area contributed by atoms with Crippen molar-refractivity contribution < 1.29 is 9.53 Å². The summed E-state index contributed by atoms with van der Waals surface area (Å²) in [5, 5.41) is 3.36. The molecule has 1 amide bonds. The average Bonchev–Trinajstić information content (AvgIpc) is 2.57. The number of amides is 1. The Balaban J connectivity index is 0.00000288. The van der Waals surface area contributed by atoms with Crippen molar-refractivity contribution in [2.45, 2.75) is 45.1 Å². The molecular weight excluding hydrogens is 392 g/mol. The Bertz CT molecular complexity index is 496. The number of rotatable bonds is 8. The summed E-state index contributed by atoms with van der Waals surface area (Å²) in [6.07, 6.45) is 4.49. The van der Waals surface area contributed by atoms with E-state index in [2.05, 4.69) is 33.1 Å². The third kappa shape index (κ3) is 6.99. The van der Waals surface area contributed by atoms with E-state index in [0.717, 1.165) is 55.5 Å². The molecule has 2 rings (SSSR count). The standard InChI is InChI=1S/C18H27BrN2O2.ClH/c1-2-12-21(16-8-10-20-11-9-16)18(22)7-4-13-23-17-6-3-5-15(19)14-17;/h3,5-6,14,16,20H,2,4,7-13H2,1H3;1H. The van der Waals surface area contributed by atoms with E-state index in [1.165, 1.54) is 0 Å². The molecule has 1 aliphatic rings. The fourth-order valence-corrected chi connectivity index (χ4v) is 3.36. The van der Waals surface area contributed by atoms with Crippen LogP contribution in [0, 0.1) is 0 Å². The first-order valence-electron chi connectivity index (χ1n) is 8.59. The fraction of sp³-hybridized carbons (Fsp3) is 0.611. The maximum Gasteiger partial charge on any atom is 0.222 e. The van der Waals surface area contributed by atoms with Crippen molar-refractivity contribution in [1.29, 1.82) is 0 Å². The topological polar surface area (TPSA) is 41.6 Å². The summed E-state index contributed by atoms with van der Waals surface area (Å²) in [7, 11) is 0. The normalized spacial score (nSPS) is 14.8. The Morgan fingerprint density at radius 3 is 2.79 bits per heavy atom. The smallest absolute Gasteiger partial charge is 0.222 e. The minimum absolute atomic E-state index is 0. The van der Waals surface area contributed by atoms with Crippen LogP contribution in [0.1, 0.15) is 39.0 Å². The van der Waals surface area contributed by atoms with Gasteiger partial charge in [0, 0.05) is 23.5 Å². The number of hydrogen-bond donors (Lipinski definition) is 1. The van der Waals surface area contributed by atoms with Crippen LogP contribution in [-0.2, 0) is 4.79 Å². The van der Waals surface area contributed by atoms with Crippen LogP contribution in [-0.4, -0.2) is 43.1 Å². The highest BCUT2D eigenvalue weighted by Crippen LogP contribution is 2.18. The van der Waals surface area contributed by atoms with Gasteiger partial charge in [0.15, 0.2) is 0 Å². The first-order valence-corrected chi connectivity index (χ1v) is 9.38. The van der Waals surface area contributed by atoms with Crippen LogP contribution in [0.4, 0.5) is 0 Å². The Kier molecular flexibility index (Phi) is 10.4. The molecule has 136 valence electrons. The molecule has 1 aromatic rings. The Morgan fingerprint density at radius 2 is 2.12 bits per heavy atom. The van der Waals surface area contributed by atoms with Gasteiger partial charge in [0.05, 0.1) is 6.61 Å². The average molecular weight is 420 g/mol. The van der Waals surface area contributed by atoms with E-state index in [4.69, 9.17) is 4.74 Å². The van der Waals surface area contributed by atoms with Gasteiger partial charge < -0.3 is 15.0 Å². The zero-order valence-corrected chi connectivity index (χ0v) is 16.7. The molecule has 4 nitrogen and oxygen atoms in total. The summed E-state index contributed by atoms with van der Waals surface area (Å²) in [6, 6.07) is 8.21. The zero-order valence-electron chi connectivity index (χ0n) is 14.3. The van der Waals surface area contributed by atoms with E-state index in [0.29, 0.717) is 19.1 Å². The third-order valence-electron chi connectivity index (χ3n) is 4.13. The predicted molar refractivity (Wildman–Crippen MR) is 104 cm³/mol. The van der Waals surface area contributed by atoms with Gasteiger partial charge >= 0.3 is 0 Å². The van der Waals surface area contributed by atoms with Gasteiger partial charge in [-0.3, -0.25) is 4.79 Å². The molecule has 0 radical (unpaired) electrons. The van der Waals surface area contributed by atoms with Gasteiger partial charge in [0.25, 0.3) is 0 Å². The lowest BCUT2D eigenvalue weighted by Gasteiger charge is -2.34. The highest BCUT2D eigenvalue weighted by atomic mass is 79.9. The predicted octanol–water partition coefficient (Wildman–Crippen LogP) is 4.02. The van der Waals surface area contributed by atoms with Gasteiger partial charge in [-0.05, 0) is 57.0 Å². The quantitative estimate of drug-likeness (QED) is 0.647. The lowest BCUT2D eigenvalue weighted by molar-refractivity contribution is -0.134. The van der Waals surface area contributed by atoms with Crippen LogP contribution in [0.25, 0.3) is 0 Å². The Morgan fingerprint density at radius 1 is 1.38 bits per heavy atom. The van der Waals surface area contributed by atoms with Gasteiger partial charge in [-0.15, -0.1) is 12.4 Å². The van der Waals surface area contributed by atoms with E-state index in [9.17, 15) is 4.79 Å². The molecule has 1 heterocycles. The molecule has 0 saturated carbocycles. The van der Waals surface area contributed by atoms with Crippen molar-refractivity contribution in [2.75, 3.05) is 26.2 Å². The molecule has 1 N–H and O–H groups in total. The number of benzene rings is 1. The molecule has 0 aromatic heterocycles. The number of nitrogens with one attached hydrogen (secondary N) is 1. The van der Waals surface area contributed by atoms with Gasteiger partial charge in [-0.1, -0.05) is 28.9 Å². The molecule has 0 atom stereocenters. The summed E-state index contributed by atoms with van der Waals surface area (Å²) < 4.78 is 6.72. The Hall–Kier alpha value is -0.780. The van der Waals surface area contributed by atoms with E-state index in [-0.39, 0.29) is 18.3 Å². The molecule has 0 spiro atoms. The van der Waals surface area contributed by atoms with Crippen molar-refractivity contribution >= 4 is 34.2 Å². The second-order valence-electron chi connectivity index (χ2n) is 5.98. The second-order valence-corrected chi connectivity index (χ2v) is 6.89. The van der Waals surface area contributed by atoms with Gasteiger partial charge in [0.2, 0.25) is 5.91 Å². The molecule has 1 saturated heterocycles. The molecule has 0 unspecified atom stereocenters. The molecule has 1 aliphatic heterocycles. The van der Waals surface area contributed by atoms with Crippen LogP contribution in [0.15, 0.2) is 28.7 Å². The molecule has 1 aromatic carbocycles. The molecule has 0 bridgehead atoms. The fourth-order valence-electron chi connectivity index (χ4n) is 2.98. The van der Waals surface area contributed by atoms with Crippen LogP contribution < -0.4 is 10.1 Å². The summed E-state index contributed by atoms with van der Waals surface area (Å²) in [5.74, 6) is 1.12. The first-order chi connectivity index (χ1) is 11.2. The van der Waals surface area contributed by atoms with Crippen LogP contribution >= 0.6 is 28.3 Å². The van der Waals surface area contributed by atoms with E-state index >= 15 is 0 Å². The lowest BCUT2D eigenvalue weighted by atomic mass is 10.0. The van der Waals surface area contributed by atoms with Crippen molar-refractivity contribution in [3.63, 3.8) is 0 Å². The highest BCUT2D eigenvalue weighted by Gasteiger charge is 2.24. The SMILES string of the molecule is CCCN(C(=O)CCCOc1cccc(Br)c1)C1CCNCC1.Cl.